The number of nitrogens with one attached hydrogen (secondary N) is 1. The molecule has 1 amide bonds. The first-order valence-electron chi connectivity index (χ1n) is 6.51. The van der Waals surface area contributed by atoms with Crippen LogP contribution in [-0.2, 0) is 0 Å². The number of amides is 1. The first kappa shape index (κ1) is 14.7. The maximum atomic E-state index is 12.2. The van der Waals surface area contributed by atoms with Crippen molar-refractivity contribution in [1.29, 1.82) is 0 Å². The van der Waals surface area contributed by atoms with E-state index in [1.807, 2.05) is 19.9 Å². The number of thiazole rings is 1. The average molecular weight is 294 g/mol. The van der Waals surface area contributed by atoms with Crippen molar-refractivity contribution < 1.29 is 14.3 Å². The van der Waals surface area contributed by atoms with Crippen LogP contribution >= 0.6 is 11.3 Å². The van der Waals surface area contributed by atoms with Crippen LogP contribution in [0.5, 0.6) is 0 Å². The van der Waals surface area contributed by atoms with Crippen molar-refractivity contribution in [1.82, 2.24) is 10.3 Å². The van der Waals surface area contributed by atoms with Gasteiger partial charge in [0.1, 0.15) is 5.69 Å². The van der Waals surface area contributed by atoms with Crippen LogP contribution in [0.3, 0.4) is 0 Å². The lowest BCUT2D eigenvalue weighted by Crippen LogP contribution is -2.46. The lowest BCUT2D eigenvalue weighted by Gasteiger charge is -2.28. The Kier molecular flexibility index (Phi) is 4.57. The summed E-state index contributed by atoms with van der Waals surface area (Å²) in [4.78, 5) is 16.5. The van der Waals surface area contributed by atoms with Gasteiger partial charge in [-0.2, -0.15) is 0 Å². The Morgan fingerprint density at radius 1 is 1.60 bits per heavy atom. The Balaban J connectivity index is 2.10. The molecule has 0 aliphatic rings. The Hall–Kier alpha value is -1.66. The first-order valence-corrected chi connectivity index (χ1v) is 7.39. The summed E-state index contributed by atoms with van der Waals surface area (Å²) in [5.74, 6) is 0.430. The minimum absolute atomic E-state index is 0.0410. The molecule has 0 saturated heterocycles. The van der Waals surface area contributed by atoms with Gasteiger partial charge in [0.2, 0.25) is 0 Å². The Bertz CT molecular complexity index is 565. The Labute approximate surface area is 121 Å². The summed E-state index contributed by atoms with van der Waals surface area (Å²) in [6.07, 6.45) is 2.84. The van der Waals surface area contributed by atoms with E-state index < -0.39 is 5.54 Å². The number of carbonyl (C=O) groups excluding carboxylic acids is 1. The molecule has 0 fully saturated rings. The van der Waals surface area contributed by atoms with Gasteiger partial charge in [-0.15, -0.1) is 11.3 Å². The van der Waals surface area contributed by atoms with Crippen LogP contribution in [0, 0.1) is 0 Å². The van der Waals surface area contributed by atoms with Crippen LogP contribution in [0.2, 0.25) is 0 Å². The molecule has 108 valence electrons. The molecule has 5 nitrogen and oxygen atoms in total. The lowest BCUT2D eigenvalue weighted by atomic mass is 9.95. The highest BCUT2D eigenvalue weighted by Crippen LogP contribution is 2.24. The standard InChI is InChI=1S/C14H18N2O3S/c1-3-14(2,6-7-17)16-12(18)10-9-20-13(15-10)11-5-4-8-19-11/h4-5,8-9,17H,3,6-7H2,1-2H3,(H,16,18). The van der Waals surface area contributed by atoms with E-state index in [1.165, 1.54) is 11.3 Å². The molecule has 0 aliphatic heterocycles. The molecule has 0 spiro atoms. The van der Waals surface area contributed by atoms with Crippen molar-refractivity contribution in [3.63, 3.8) is 0 Å². The molecule has 0 aliphatic carbocycles. The summed E-state index contributed by atoms with van der Waals surface area (Å²) in [5, 5.41) is 14.4. The van der Waals surface area contributed by atoms with Crippen molar-refractivity contribution in [2.75, 3.05) is 6.61 Å². The van der Waals surface area contributed by atoms with Crippen LogP contribution < -0.4 is 5.32 Å². The summed E-state index contributed by atoms with van der Waals surface area (Å²) >= 11 is 1.37. The number of aliphatic hydroxyl groups excluding tert-OH is 1. The second kappa shape index (κ2) is 6.19. The summed E-state index contributed by atoms with van der Waals surface area (Å²) in [6.45, 7) is 3.94. The van der Waals surface area contributed by atoms with Gasteiger partial charge in [-0.05, 0) is 31.9 Å². The van der Waals surface area contributed by atoms with Gasteiger partial charge >= 0.3 is 0 Å². The normalized spacial score (nSPS) is 13.9. The Morgan fingerprint density at radius 3 is 3.00 bits per heavy atom. The molecular formula is C14H18N2O3S. The quantitative estimate of drug-likeness (QED) is 0.859. The fraction of sp³-hybridized carbons (Fsp3) is 0.429. The van der Waals surface area contributed by atoms with Crippen LogP contribution in [0.15, 0.2) is 28.2 Å². The maximum Gasteiger partial charge on any atom is 0.271 e. The van der Waals surface area contributed by atoms with E-state index in [4.69, 9.17) is 9.52 Å². The molecule has 6 heteroatoms. The van der Waals surface area contributed by atoms with Gasteiger partial charge in [0.05, 0.1) is 6.26 Å². The molecule has 2 aromatic heterocycles. The van der Waals surface area contributed by atoms with E-state index in [-0.39, 0.29) is 12.5 Å². The number of rotatable bonds is 6. The highest BCUT2D eigenvalue weighted by molar-refractivity contribution is 7.13. The highest BCUT2D eigenvalue weighted by Gasteiger charge is 2.25. The van der Waals surface area contributed by atoms with Gasteiger partial charge in [0, 0.05) is 17.5 Å². The predicted molar refractivity (Wildman–Crippen MR) is 77.7 cm³/mol. The Morgan fingerprint density at radius 2 is 2.40 bits per heavy atom. The molecule has 0 bridgehead atoms. The second-order valence-corrected chi connectivity index (χ2v) is 5.72. The molecule has 1 unspecified atom stereocenters. The van der Waals surface area contributed by atoms with Gasteiger partial charge in [0.15, 0.2) is 10.8 Å². The molecule has 0 saturated carbocycles. The van der Waals surface area contributed by atoms with Crippen LogP contribution in [0.4, 0.5) is 0 Å². The topological polar surface area (TPSA) is 75.4 Å². The third-order valence-electron chi connectivity index (χ3n) is 3.33. The second-order valence-electron chi connectivity index (χ2n) is 4.86. The van der Waals surface area contributed by atoms with Gasteiger partial charge in [-0.1, -0.05) is 6.92 Å². The number of hydrogen-bond donors (Lipinski definition) is 2. The number of hydrogen-bond acceptors (Lipinski definition) is 5. The molecule has 20 heavy (non-hydrogen) atoms. The minimum Gasteiger partial charge on any atom is -0.462 e. The largest absolute Gasteiger partial charge is 0.462 e. The van der Waals surface area contributed by atoms with Gasteiger partial charge < -0.3 is 14.8 Å². The highest BCUT2D eigenvalue weighted by atomic mass is 32.1. The fourth-order valence-corrected chi connectivity index (χ4v) is 2.57. The number of carbonyl (C=O) groups is 1. The molecule has 1 atom stereocenters. The summed E-state index contributed by atoms with van der Waals surface area (Å²) in [7, 11) is 0. The third kappa shape index (κ3) is 3.26. The number of aromatic nitrogens is 1. The number of aliphatic hydroxyl groups is 1. The fourth-order valence-electron chi connectivity index (χ4n) is 1.80. The molecule has 2 N–H and O–H groups in total. The summed E-state index contributed by atoms with van der Waals surface area (Å²) in [6, 6.07) is 3.59. The van der Waals surface area contributed by atoms with Gasteiger partial charge in [0.25, 0.3) is 5.91 Å². The third-order valence-corrected chi connectivity index (χ3v) is 4.18. The van der Waals surface area contributed by atoms with E-state index in [1.54, 1.807) is 17.7 Å². The van der Waals surface area contributed by atoms with Crippen molar-refractivity contribution >= 4 is 17.2 Å². The van der Waals surface area contributed by atoms with Crippen LogP contribution in [0.1, 0.15) is 37.2 Å². The SMILES string of the molecule is CCC(C)(CCO)NC(=O)c1csc(-c2ccco2)n1. The van der Waals surface area contributed by atoms with E-state index in [0.717, 1.165) is 6.42 Å². The van der Waals surface area contributed by atoms with Crippen LogP contribution in [-0.4, -0.2) is 28.1 Å². The smallest absolute Gasteiger partial charge is 0.271 e. The zero-order valence-electron chi connectivity index (χ0n) is 11.5. The zero-order valence-corrected chi connectivity index (χ0v) is 12.4. The zero-order chi connectivity index (χ0) is 14.6. The van der Waals surface area contributed by atoms with Crippen LogP contribution in [0.25, 0.3) is 10.8 Å². The van der Waals surface area contributed by atoms with Gasteiger partial charge in [-0.25, -0.2) is 4.98 Å². The number of nitrogens with zero attached hydrogens (tertiary/aromatic N) is 1. The molecule has 2 rings (SSSR count). The first-order chi connectivity index (χ1) is 9.58. The number of furan rings is 1. The van der Waals surface area contributed by atoms with Crippen molar-refractivity contribution in [2.24, 2.45) is 0 Å². The van der Waals surface area contributed by atoms with E-state index in [2.05, 4.69) is 10.3 Å². The molecular weight excluding hydrogens is 276 g/mol. The van der Waals surface area contributed by atoms with Crippen molar-refractivity contribution in [3.8, 4) is 10.8 Å². The molecule has 0 aromatic carbocycles. The van der Waals surface area contributed by atoms with Crippen molar-refractivity contribution in [2.45, 2.75) is 32.2 Å². The molecule has 0 radical (unpaired) electrons. The molecule has 2 heterocycles. The average Bonchev–Trinajstić information content (AvgIpc) is 3.09. The van der Waals surface area contributed by atoms with Gasteiger partial charge in [-0.3, -0.25) is 4.79 Å². The molecule has 2 aromatic rings. The summed E-state index contributed by atoms with van der Waals surface area (Å²) < 4.78 is 5.26. The minimum atomic E-state index is -0.416. The van der Waals surface area contributed by atoms with E-state index >= 15 is 0 Å². The lowest BCUT2D eigenvalue weighted by molar-refractivity contribution is 0.0882. The monoisotopic (exact) mass is 294 g/mol. The summed E-state index contributed by atoms with van der Waals surface area (Å²) in [5.41, 5.74) is -0.0423. The predicted octanol–water partition coefficient (Wildman–Crippen LogP) is 2.68. The van der Waals surface area contributed by atoms with Crippen molar-refractivity contribution in [3.05, 3.63) is 29.5 Å². The van der Waals surface area contributed by atoms with E-state index in [9.17, 15) is 4.79 Å². The van der Waals surface area contributed by atoms with E-state index in [0.29, 0.717) is 22.9 Å². The maximum absolute atomic E-state index is 12.2.